The predicted molar refractivity (Wildman–Crippen MR) is 196 cm³/mol. The van der Waals surface area contributed by atoms with E-state index in [-0.39, 0.29) is 63.7 Å². The molecule has 0 spiro atoms. The smallest absolute Gasteiger partial charge is 0.524 e. The number of nitrogens with one attached hydrogen (secondary N) is 1. The van der Waals surface area contributed by atoms with Crippen molar-refractivity contribution in [2.24, 2.45) is 0 Å². The van der Waals surface area contributed by atoms with Crippen molar-refractivity contribution in [2.75, 3.05) is 28.3 Å². The Bertz CT molecular complexity index is 1350. The number of carbonyl (C=O) groups excluding carboxylic acids is 5. The van der Waals surface area contributed by atoms with Crippen molar-refractivity contribution in [1.29, 1.82) is 0 Å². The van der Waals surface area contributed by atoms with Crippen LogP contribution in [0.25, 0.3) is 5.32 Å². The molecule has 0 aliphatic rings. The molecule has 1 rings (SSSR count). The Balaban J connectivity index is -0.000000145. The second kappa shape index (κ2) is 28.0. The van der Waals surface area contributed by atoms with E-state index in [0.29, 0.717) is 0 Å². The second-order valence-electron chi connectivity index (χ2n) is 14.1. The Morgan fingerprint density at radius 1 is 0.691 bits per heavy atom. The summed E-state index contributed by atoms with van der Waals surface area (Å²) in [7, 11) is 0.881. The number of benzene rings is 1. The number of hydrogen-bond acceptors (Lipinski definition) is 13. The quantitative estimate of drug-likeness (QED) is 0.231. The molecular formula is C34H61F3KN3O13S. The Morgan fingerprint density at radius 2 is 0.982 bits per heavy atom. The molecule has 2 N–H and O–H groups in total. The van der Waals surface area contributed by atoms with Gasteiger partial charge in [0.05, 0.1) is 12.0 Å². The van der Waals surface area contributed by atoms with Crippen LogP contribution in [0, 0.1) is 6.92 Å². The molecule has 0 fully saturated rings. The van der Waals surface area contributed by atoms with Crippen LogP contribution in [-0.4, -0.2) is 106 Å². The summed E-state index contributed by atoms with van der Waals surface area (Å²) in [5, 5.41) is 11.6. The van der Waals surface area contributed by atoms with Crippen LogP contribution in [0.3, 0.4) is 0 Å². The molecule has 16 nitrogen and oxygen atoms in total. The maximum Gasteiger partial charge on any atom is 1.00 e. The van der Waals surface area contributed by atoms with E-state index in [2.05, 4.69) is 9.50 Å². The number of nitrogens with zero attached hydrogens (tertiary/aromatic N) is 2. The van der Waals surface area contributed by atoms with Crippen molar-refractivity contribution in [3.8, 4) is 0 Å². The van der Waals surface area contributed by atoms with Gasteiger partial charge in [-0.2, -0.15) is 21.6 Å². The Kier molecular flexibility index (Phi) is 32.7. The van der Waals surface area contributed by atoms with Crippen molar-refractivity contribution in [2.45, 2.75) is 131 Å². The zero-order valence-corrected chi connectivity index (χ0v) is 38.5. The molecule has 0 saturated heterocycles. The fourth-order valence-electron chi connectivity index (χ4n) is 2.32. The van der Waals surface area contributed by atoms with Crippen LogP contribution in [0.2, 0.25) is 0 Å². The summed E-state index contributed by atoms with van der Waals surface area (Å²) in [5.74, 6) is -1.92. The third kappa shape index (κ3) is 39.5. The number of aliphatic hydroxyl groups is 1. The number of amides is 5. The first-order valence-electron chi connectivity index (χ1n) is 15.4. The van der Waals surface area contributed by atoms with Crippen LogP contribution in [0.1, 0.15) is 96.1 Å². The predicted octanol–water partition coefficient (Wildman–Crippen LogP) is 4.89. The maximum atomic E-state index is 11.5. The largest absolute Gasteiger partial charge is 1.00 e. The average Bonchev–Trinajstić information content (AvgIpc) is 2.94. The standard InChI is InChI=1S/C11H21NO4.C10H19NO4.C8H10O3S.C3H4F3NO.CH4O.CH4.K/c1-10(2,3)15-8(13)12(7)9(14)16-11(4,5)6;1-9(2,3)14-7(12)11-8(13)15-10(4,5)6;1-7-3-5-8(6-4-7)12(9,10)11-2;1-7-2(8)3(4,5)6;1-2;;/h1-7H3;1-6H3,(H,11,12,13);3-6H,1-2H3;1H3,(H,7,8);2H,1H3;1H4;/q;;;;;;+1/p-1. The van der Waals surface area contributed by atoms with Gasteiger partial charge >= 0.3 is 75.7 Å². The van der Waals surface area contributed by atoms with Gasteiger partial charge < -0.3 is 34.7 Å². The number of halogens is 3. The minimum atomic E-state index is -4.74. The van der Waals surface area contributed by atoms with Gasteiger partial charge in [-0.25, -0.2) is 14.5 Å². The van der Waals surface area contributed by atoms with Crippen molar-refractivity contribution >= 4 is 40.4 Å². The van der Waals surface area contributed by atoms with E-state index in [1.807, 2.05) is 6.92 Å². The van der Waals surface area contributed by atoms with E-state index in [9.17, 15) is 45.6 Å². The van der Waals surface area contributed by atoms with Crippen molar-refractivity contribution in [1.82, 2.24) is 10.2 Å². The van der Waals surface area contributed by atoms with E-state index >= 15 is 0 Å². The van der Waals surface area contributed by atoms with Crippen LogP contribution in [0.4, 0.5) is 32.3 Å². The number of rotatable bonds is 2. The monoisotopic (exact) mass is 847 g/mol. The third-order valence-electron chi connectivity index (χ3n) is 4.32. The number of alkyl halides is 3. The fourth-order valence-corrected chi connectivity index (χ4v) is 2.98. The normalized spacial score (nSPS) is 10.9. The number of ether oxygens (including phenoxy) is 4. The first-order chi connectivity index (χ1) is 23.5. The van der Waals surface area contributed by atoms with Gasteiger partial charge in [-0.05, 0) is 102 Å². The Hall–Kier alpha value is -2.53. The van der Waals surface area contributed by atoms with Gasteiger partial charge in [0, 0.05) is 21.2 Å². The SMILES string of the molecule is C.CC(C)(C)OC(=O)[N-]C(=O)OC(C)(C)C.CN(C(=O)OC(C)(C)C)C(=O)OC(C)(C)C.CNC(=O)C(F)(F)F.CO.COS(=O)(=O)c1ccc(C)cc1.[K+]. The van der Waals surface area contributed by atoms with Gasteiger partial charge in [-0.1, -0.05) is 25.1 Å². The molecule has 0 heterocycles. The van der Waals surface area contributed by atoms with Crippen molar-refractivity contribution in [3.05, 3.63) is 35.1 Å². The minimum absolute atomic E-state index is 0. The summed E-state index contributed by atoms with van der Waals surface area (Å²) in [5.41, 5.74) is -1.57. The van der Waals surface area contributed by atoms with E-state index in [1.165, 1.54) is 24.5 Å². The summed E-state index contributed by atoms with van der Waals surface area (Å²) >= 11 is 0. The molecule has 0 atom stereocenters. The molecule has 1 aromatic rings. The summed E-state index contributed by atoms with van der Waals surface area (Å²) in [6, 6.07) is 6.50. The fraction of sp³-hybridized carbons (Fsp3) is 0.676. The van der Waals surface area contributed by atoms with Gasteiger partial charge in [0.2, 0.25) is 12.2 Å². The number of aryl methyl sites for hydroxylation is 1. The number of aliphatic hydroxyl groups excluding tert-OH is 1. The molecule has 5 amide bonds. The van der Waals surface area contributed by atoms with E-state index < -0.39 is 69.0 Å². The van der Waals surface area contributed by atoms with Crippen LogP contribution < -0.4 is 56.7 Å². The summed E-state index contributed by atoms with van der Waals surface area (Å²) in [4.78, 5) is 55.7. The van der Waals surface area contributed by atoms with Crippen molar-refractivity contribution < 1.29 is 125 Å². The third-order valence-corrected chi connectivity index (χ3v) is 5.61. The van der Waals surface area contributed by atoms with E-state index in [0.717, 1.165) is 31.7 Å². The molecule has 55 heavy (non-hydrogen) atoms. The van der Waals surface area contributed by atoms with Gasteiger partial charge in [-0.15, -0.1) is 0 Å². The van der Waals surface area contributed by atoms with E-state index in [4.69, 9.17) is 24.1 Å². The maximum absolute atomic E-state index is 11.5. The molecule has 0 aliphatic heterocycles. The van der Waals surface area contributed by atoms with Gasteiger partial charge in [0.25, 0.3) is 10.1 Å². The van der Waals surface area contributed by atoms with Crippen molar-refractivity contribution in [3.63, 3.8) is 0 Å². The summed E-state index contributed by atoms with van der Waals surface area (Å²) in [6.45, 7) is 22.4. The molecule has 21 heteroatoms. The zero-order valence-electron chi connectivity index (χ0n) is 34.6. The number of carbonyl (C=O) groups is 5. The van der Waals surface area contributed by atoms with Crippen LogP contribution in [0.5, 0.6) is 0 Å². The van der Waals surface area contributed by atoms with E-state index in [1.54, 1.807) is 95.2 Å². The van der Waals surface area contributed by atoms with Gasteiger partial charge in [-0.3, -0.25) is 18.6 Å². The van der Waals surface area contributed by atoms with Gasteiger partial charge in [0.15, 0.2) is 0 Å². The molecule has 0 aromatic heterocycles. The summed E-state index contributed by atoms with van der Waals surface area (Å²) < 4.78 is 79.3. The van der Waals surface area contributed by atoms with Gasteiger partial charge in [0.1, 0.15) is 22.4 Å². The second-order valence-corrected chi connectivity index (χ2v) is 15.8. The molecule has 0 radical (unpaired) electrons. The summed E-state index contributed by atoms with van der Waals surface area (Å²) in [6.07, 6.45) is -8.05. The number of hydrogen-bond donors (Lipinski definition) is 2. The Morgan fingerprint density at radius 3 is 1.18 bits per heavy atom. The first-order valence-corrected chi connectivity index (χ1v) is 16.9. The molecule has 0 saturated carbocycles. The Labute approximate surface area is 367 Å². The molecule has 0 aliphatic carbocycles. The first kappa shape index (κ1) is 64.4. The number of imide groups is 2. The average molecular weight is 848 g/mol. The molecule has 1 aromatic carbocycles. The molecule has 318 valence electrons. The topological polar surface area (TPSA) is 215 Å². The van der Waals surface area contributed by atoms with Crippen LogP contribution in [0.15, 0.2) is 29.2 Å². The zero-order chi connectivity index (χ0) is 43.4. The molecule has 0 unspecified atom stereocenters. The molecule has 0 bridgehead atoms. The minimum Gasteiger partial charge on any atom is -0.524 e. The van der Waals surface area contributed by atoms with Crippen LogP contribution in [-0.2, 0) is 38.0 Å². The molecular weight excluding hydrogens is 787 g/mol. The van der Waals surface area contributed by atoms with Crippen LogP contribution >= 0.6 is 0 Å².